The molecule has 0 saturated heterocycles. The maximum absolute atomic E-state index is 11.7. The highest BCUT2D eigenvalue weighted by Gasteiger charge is 2.27. The summed E-state index contributed by atoms with van der Waals surface area (Å²) in [6, 6.07) is 0. The van der Waals surface area contributed by atoms with Crippen LogP contribution in [0.5, 0.6) is 0 Å². The maximum atomic E-state index is 11.7. The van der Waals surface area contributed by atoms with Crippen LogP contribution in [0.2, 0.25) is 0 Å². The van der Waals surface area contributed by atoms with Gasteiger partial charge >= 0.3 is 17.2 Å². The van der Waals surface area contributed by atoms with Gasteiger partial charge in [-0.3, -0.25) is 19.7 Å². The van der Waals surface area contributed by atoms with Crippen LogP contribution in [0.4, 0.5) is 5.69 Å². The molecule has 20 heavy (non-hydrogen) atoms. The minimum atomic E-state index is -1.09. The normalized spacial score (nSPS) is 10.2. The predicted molar refractivity (Wildman–Crippen MR) is 71.4 cm³/mol. The fraction of sp³-hybridized carbons (Fsp3) is 0.364. The topological polar surface area (TPSA) is 109 Å². The van der Waals surface area contributed by atoms with Crippen molar-refractivity contribution < 1.29 is 19.2 Å². The van der Waals surface area contributed by atoms with E-state index in [4.69, 9.17) is 0 Å². The zero-order valence-electron chi connectivity index (χ0n) is 10.7. The minimum absolute atomic E-state index is 0.0182. The highest BCUT2D eigenvalue weighted by Crippen LogP contribution is 2.24. The van der Waals surface area contributed by atoms with Crippen LogP contribution < -0.4 is 5.56 Å². The van der Waals surface area contributed by atoms with Gasteiger partial charge in [0.2, 0.25) is 5.78 Å². The van der Waals surface area contributed by atoms with Crippen molar-refractivity contribution >= 4 is 33.4 Å². The van der Waals surface area contributed by atoms with E-state index in [2.05, 4.69) is 20.7 Å². The number of hydrogen-bond donors (Lipinski definition) is 0. The van der Waals surface area contributed by atoms with Gasteiger partial charge in [0, 0.05) is 17.7 Å². The van der Waals surface area contributed by atoms with Gasteiger partial charge < -0.3 is 9.30 Å². The number of ketones is 1. The van der Waals surface area contributed by atoms with E-state index in [1.807, 2.05) is 0 Å². The number of rotatable bonds is 5. The molecule has 0 aliphatic rings. The molecule has 0 aliphatic heterocycles. The summed E-state index contributed by atoms with van der Waals surface area (Å²) in [5.74, 6) is -2.04. The highest BCUT2D eigenvalue weighted by molar-refractivity contribution is 9.10. The van der Waals surface area contributed by atoms with Crippen LogP contribution >= 0.6 is 15.9 Å². The summed E-state index contributed by atoms with van der Waals surface area (Å²) in [5, 5.41) is 11.0. The number of nitrogens with zero attached hydrogens (tertiary/aromatic N) is 2. The number of aromatic nitrogens is 1. The van der Waals surface area contributed by atoms with Crippen molar-refractivity contribution in [3.8, 4) is 0 Å². The molecule has 8 nitrogen and oxygen atoms in total. The van der Waals surface area contributed by atoms with E-state index < -0.39 is 34.3 Å². The number of hydrogen-bond acceptors (Lipinski definition) is 6. The molecule has 9 heteroatoms. The molecule has 1 aromatic rings. The van der Waals surface area contributed by atoms with E-state index >= 15 is 0 Å². The molecule has 1 rings (SSSR count). The molecule has 0 saturated carbocycles. The van der Waals surface area contributed by atoms with Gasteiger partial charge in [-0.05, 0) is 22.9 Å². The molecule has 0 fully saturated rings. The molecule has 0 aromatic carbocycles. The third kappa shape index (κ3) is 3.29. The lowest BCUT2D eigenvalue weighted by molar-refractivity contribution is -0.387. The number of nitro groups is 1. The van der Waals surface area contributed by atoms with Crippen LogP contribution in [0.15, 0.2) is 15.5 Å². The second-order valence-corrected chi connectivity index (χ2v) is 4.65. The van der Waals surface area contributed by atoms with Gasteiger partial charge in [0.05, 0.1) is 23.5 Å². The van der Waals surface area contributed by atoms with Crippen LogP contribution in [0.1, 0.15) is 12.5 Å². The number of halogens is 1. The Morgan fingerprint density at radius 1 is 1.50 bits per heavy atom. The molecular formula is C11H11BrN2O6. The van der Waals surface area contributed by atoms with E-state index in [0.29, 0.717) is 0 Å². The third-order valence-corrected chi connectivity index (χ3v) is 3.11. The first-order valence-corrected chi connectivity index (χ1v) is 6.31. The lowest BCUT2D eigenvalue weighted by Gasteiger charge is -2.07. The van der Waals surface area contributed by atoms with Crippen LogP contribution in [0.25, 0.3) is 0 Å². The van der Waals surface area contributed by atoms with Gasteiger partial charge in [0.15, 0.2) is 0 Å². The minimum Gasteiger partial charge on any atom is -0.460 e. The maximum Gasteiger partial charge on any atom is 0.374 e. The summed E-state index contributed by atoms with van der Waals surface area (Å²) in [6.45, 7) is 1.55. The summed E-state index contributed by atoms with van der Waals surface area (Å²) >= 11 is 3.05. The molecule has 1 heterocycles. The van der Waals surface area contributed by atoms with Crippen molar-refractivity contribution in [2.45, 2.75) is 13.3 Å². The Bertz CT molecular complexity index is 637. The molecule has 0 N–H and O–H groups in total. The Labute approximate surface area is 121 Å². The fourth-order valence-corrected chi connectivity index (χ4v) is 2.15. The number of esters is 1. The molecular weight excluding hydrogens is 336 g/mol. The molecule has 0 unspecified atom stereocenters. The number of carbonyl (C=O) groups excluding carboxylic acids is 2. The van der Waals surface area contributed by atoms with E-state index in [9.17, 15) is 24.5 Å². The van der Waals surface area contributed by atoms with Crippen molar-refractivity contribution in [2.75, 3.05) is 6.61 Å². The molecule has 0 atom stereocenters. The lowest BCUT2D eigenvalue weighted by atomic mass is 10.1. The fourth-order valence-electron chi connectivity index (χ4n) is 1.52. The number of pyridine rings is 1. The van der Waals surface area contributed by atoms with Gasteiger partial charge in [-0.15, -0.1) is 0 Å². The van der Waals surface area contributed by atoms with Crippen molar-refractivity contribution in [3.63, 3.8) is 0 Å². The summed E-state index contributed by atoms with van der Waals surface area (Å²) in [7, 11) is 1.34. The highest BCUT2D eigenvalue weighted by atomic mass is 79.9. The molecule has 0 bridgehead atoms. The van der Waals surface area contributed by atoms with Gasteiger partial charge in [-0.1, -0.05) is 0 Å². The predicted octanol–water partition coefficient (Wildman–Crippen LogP) is 0.731. The first-order chi connectivity index (χ1) is 9.29. The number of aryl methyl sites for hydroxylation is 1. The zero-order valence-corrected chi connectivity index (χ0v) is 12.3. The Morgan fingerprint density at radius 3 is 2.60 bits per heavy atom. The molecule has 0 aliphatic carbocycles. The van der Waals surface area contributed by atoms with Gasteiger partial charge in [-0.2, -0.15) is 0 Å². The number of Topliss-reactive ketones (excluding diaryl/α,β-unsaturated/α-hetero) is 1. The first-order valence-electron chi connectivity index (χ1n) is 5.51. The lowest BCUT2D eigenvalue weighted by Crippen LogP contribution is -2.25. The van der Waals surface area contributed by atoms with E-state index in [0.717, 1.165) is 4.57 Å². The second kappa shape index (κ2) is 6.42. The van der Waals surface area contributed by atoms with E-state index in [1.165, 1.54) is 20.2 Å². The molecule has 108 valence electrons. The first kappa shape index (κ1) is 16.0. The molecule has 0 radical (unpaired) electrons. The average molecular weight is 347 g/mol. The monoisotopic (exact) mass is 346 g/mol. The number of carbonyl (C=O) groups is 2. The molecule has 1 aromatic heterocycles. The number of ether oxygens (including phenoxy) is 1. The van der Waals surface area contributed by atoms with Gasteiger partial charge in [-0.25, -0.2) is 4.79 Å². The smallest absolute Gasteiger partial charge is 0.374 e. The summed E-state index contributed by atoms with van der Waals surface area (Å²) < 4.78 is 5.73. The second-order valence-electron chi connectivity index (χ2n) is 3.80. The van der Waals surface area contributed by atoms with Crippen LogP contribution in [-0.2, 0) is 27.8 Å². The Hall–Kier alpha value is -2.03. The van der Waals surface area contributed by atoms with Crippen LogP contribution in [0, 0.1) is 10.1 Å². The Morgan fingerprint density at radius 2 is 2.10 bits per heavy atom. The van der Waals surface area contributed by atoms with Crippen molar-refractivity contribution in [2.24, 2.45) is 7.05 Å². The van der Waals surface area contributed by atoms with Gasteiger partial charge in [0.1, 0.15) is 0 Å². The summed E-state index contributed by atoms with van der Waals surface area (Å²) in [5.41, 5.74) is -1.74. The molecule has 0 spiro atoms. The summed E-state index contributed by atoms with van der Waals surface area (Å²) in [6.07, 6.45) is 0.717. The van der Waals surface area contributed by atoms with Crippen molar-refractivity contribution in [1.29, 1.82) is 0 Å². The van der Waals surface area contributed by atoms with Crippen LogP contribution in [-0.4, -0.2) is 27.8 Å². The summed E-state index contributed by atoms with van der Waals surface area (Å²) in [4.78, 5) is 44.7. The van der Waals surface area contributed by atoms with E-state index in [1.54, 1.807) is 0 Å². The SMILES string of the molecule is CCOC(=O)C(=O)Cc1c(Br)cn(C)c(=O)c1[N+](=O)[O-]. The average Bonchev–Trinajstić information content (AvgIpc) is 2.35. The third-order valence-electron chi connectivity index (χ3n) is 2.43. The van der Waals surface area contributed by atoms with Gasteiger partial charge in [0.25, 0.3) is 0 Å². The van der Waals surface area contributed by atoms with E-state index in [-0.39, 0.29) is 16.6 Å². The molecule has 0 amide bonds. The van der Waals surface area contributed by atoms with Crippen molar-refractivity contribution in [1.82, 2.24) is 4.57 Å². The quantitative estimate of drug-likeness (QED) is 0.336. The Balaban J connectivity index is 3.28. The van der Waals surface area contributed by atoms with Crippen LogP contribution in [0.3, 0.4) is 0 Å². The zero-order chi connectivity index (χ0) is 15.4. The standard InChI is InChI=1S/C11H11BrN2O6/c1-3-20-11(17)8(15)4-6-7(12)5-13(2)10(16)9(6)14(18)19/h5H,3-4H2,1-2H3. The van der Waals surface area contributed by atoms with Crippen molar-refractivity contribution in [3.05, 3.63) is 36.7 Å². The largest absolute Gasteiger partial charge is 0.460 e. The Kier molecular flexibility index (Phi) is 5.14.